The average Bonchev–Trinajstić information content (AvgIpc) is 2.87. The molecule has 0 rings (SSSR count). The largest absolute Gasteiger partial charge is 0.356 e. The summed E-state index contributed by atoms with van der Waals surface area (Å²) in [5, 5.41) is 5.47. The van der Waals surface area contributed by atoms with Crippen LogP contribution >= 0.6 is 47.8 Å². The summed E-state index contributed by atoms with van der Waals surface area (Å²) >= 11 is 9.19. The zero-order valence-electron chi connectivity index (χ0n) is 27.1. The Balaban J connectivity index is -0.000000151. The monoisotopic (exact) mass is 811 g/mol. The highest BCUT2D eigenvalue weighted by molar-refractivity contribution is 9.20. The van der Waals surface area contributed by atoms with Crippen LogP contribution in [0.5, 0.6) is 0 Å². The van der Waals surface area contributed by atoms with Gasteiger partial charge in [0.2, 0.25) is 16.5 Å². The first-order valence-corrected chi connectivity index (χ1v) is 16.6. The number of nitrogens with two attached hydrogens (primary N) is 1. The van der Waals surface area contributed by atoms with Crippen molar-refractivity contribution in [1.29, 1.82) is 0 Å². The summed E-state index contributed by atoms with van der Waals surface area (Å²) in [5.41, 5.74) is 5.03. The van der Waals surface area contributed by atoms with Crippen LogP contribution in [0.15, 0.2) is 0 Å². The lowest BCUT2D eigenvalue weighted by Gasteiger charge is -2.17. The number of ether oxygens (including phenoxy) is 2. The first kappa shape index (κ1) is 51.8. The van der Waals surface area contributed by atoms with Crippen molar-refractivity contribution in [3.8, 4) is 0 Å². The number of amides is 2. The van der Waals surface area contributed by atoms with Crippen molar-refractivity contribution in [2.75, 3.05) is 32.8 Å². The van der Waals surface area contributed by atoms with E-state index < -0.39 is 8.65 Å². The zero-order valence-corrected chi connectivity index (χ0v) is 31.8. The lowest BCUT2D eigenvalue weighted by atomic mass is 9.96. The van der Waals surface area contributed by atoms with E-state index in [1.54, 1.807) is 27.7 Å². The van der Waals surface area contributed by atoms with Gasteiger partial charge in [-0.1, -0.05) is 60.1 Å². The van der Waals surface area contributed by atoms with Crippen LogP contribution in [-0.4, -0.2) is 76.9 Å². The van der Waals surface area contributed by atoms with E-state index in [-0.39, 0.29) is 35.6 Å². The molecule has 0 saturated heterocycles. The van der Waals surface area contributed by atoms with Crippen LogP contribution in [0.25, 0.3) is 0 Å². The molecule has 0 spiro atoms. The van der Waals surface area contributed by atoms with Gasteiger partial charge < -0.3 is 35.4 Å². The maximum atomic E-state index is 11.2. The van der Waals surface area contributed by atoms with Crippen LogP contribution in [0.3, 0.4) is 0 Å². The number of carbonyl (C=O) groups is 5. The second-order valence-electron chi connectivity index (χ2n) is 10.9. The minimum Gasteiger partial charge on any atom is -0.356 e. The fraction of sp³-hybridized carbons (Fsp3) is 0.833. The molecule has 0 atom stereocenters. The molecular weight excluding hydrogens is 754 g/mol. The van der Waals surface area contributed by atoms with Crippen molar-refractivity contribution in [2.24, 2.45) is 11.1 Å². The Labute approximate surface area is 286 Å². The van der Waals surface area contributed by atoms with Crippen LogP contribution < -0.4 is 16.4 Å². The highest BCUT2D eigenvalue weighted by Gasteiger charge is 2.22. The Bertz CT molecular complexity index is 677. The van der Waals surface area contributed by atoms with Crippen LogP contribution in [0, 0.1) is 5.41 Å². The van der Waals surface area contributed by atoms with Gasteiger partial charge in [0.25, 0.3) is 0 Å². The van der Waals surface area contributed by atoms with Gasteiger partial charge in [-0.15, -0.1) is 0 Å². The van der Waals surface area contributed by atoms with Gasteiger partial charge in [0.05, 0.1) is 8.65 Å². The van der Waals surface area contributed by atoms with E-state index in [2.05, 4.69) is 58.4 Å². The molecule has 0 aliphatic heterocycles. The molecule has 0 saturated carbocycles. The van der Waals surface area contributed by atoms with E-state index in [9.17, 15) is 24.0 Å². The lowest BCUT2D eigenvalue weighted by Crippen LogP contribution is -2.37. The Morgan fingerprint density at radius 2 is 1.14 bits per heavy atom. The van der Waals surface area contributed by atoms with Crippen LogP contribution in [0.2, 0.25) is 0 Å². The van der Waals surface area contributed by atoms with Crippen LogP contribution in [-0.2, 0) is 33.4 Å². The first-order chi connectivity index (χ1) is 19.3. The number of nitrogens with one attached hydrogen (secondary N) is 2. The van der Waals surface area contributed by atoms with E-state index >= 15 is 0 Å². The maximum absolute atomic E-state index is 11.2. The van der Waals surface area contributed by atoms with Gasteiger partial charge in [0, 0.05) is 44.6 Å². The van der Waals surface area contributed by atoms with Crippen molar-refractivity contribution < 1.29 is 33.4 Å². The summed E-state index contributed by atoms with van der Waals surface area (Å²) in [7, 11) is 0. The molecular formula is C30H60Br3N3O7. The number of hydrogen-bond acceptors (Lipinski definition) is 8. The highest BCUT2D eigenvalue weighted by Crippen LogP contribution is 2.19. The molecule has 0 unspecified atom stereocenters. The fourth-order valence-electron chi connectivity index (χ4n) is 2.12. The van der Waals surface area contributed by atoms with Crippen molar-refractivity contribution in [2.45, 2.75) is 123 Å². The maximum Gasteiger partial charge on any atom is 0.236 e. The minimum absolute atomic E-state index is 0. The number of hydrogen-bond donors (Lipinski definition) is 3. The molecule has 0 aromatic rings. The topological polar surface area (TPSA) is 154 Å². The van der Waals surface area contributed by atoms with Crippen molar-refractivity contribution in [3.63, 3.8) is 0 Å². The molecule has 0 radical (unpaired) electrons. The summed E-state index contributed by atoms with van der Waals surface area (Å²) in [6, 6.07) is 0. The van der Waals surface area contributed by atoms with Gasteiger partial charge in [0.1, 0.15) is 12.6 Å². The molecule has 0 aromatic heterocycles. The molecule has 4 N–H and O–H groups in total. The number of rotatable bonds is 17. The van der Waals surface area contributed by atoms with Gasteiger partial charge in [-0.2, -0.15) is 0 Å². The predicted molar refractivity (Wildman–Crippen MR) is 188 cm³/mol. The third-order valence-electron chi connectivity index (χ3n) is 4.61. The molecule has 2 amide bonds. The van der Waals surface area contributed by atoms with Crippen molar-refractivity contribution >= 4 is 76.9 Å². The van der Waals surface area contributed by atoms with Gasteiger partial charge in [-0.3, -0.25) is 14.4 Å². The summed E-state index contributed by atoms with van der Waals surface area (Å²) in [6.45, 7) is 19.9. The first-order valence-electron chi connectivity index (χ1n) is 14.2. The molecule has 258 valence electrons. The number of halogens is 3. The predicted octanol–water partition coefficient (Wildman–Crippen LogP) is 6.22. The molecule has 0 fully saturated rings. The number of aldehydes is 2. The molecule has 10 nitrogen and oxygen atoms in total. The van der Waals surface area contributed by atoms with Crippen molar-refractivity contribution in [1.82, 2.24) is 10.6 Å². The molecule has 0 bridgehead atoms. The fourth-order valence-corrected chi connectivity index (χ4v) is 2.26. The normalized spacial score (nSPS) is 10.7. The minimum atomic E-state index is -0.520. The van der Waals surface area contributed by atoms with E-state index in [4.69, 9.17) is 15.2 Å². The summed E-state index contributed by atoms with van der Waals surface area (Å²) in [5.74, 6) is -0.0122. The highest BCUT2D eigenvalue weighted by atomic mass is 79.9. The second-order valence-corrected chi connectivity index (χ2v) is 15.6. The van der Waals surface area contributed by atoms with Gasteiger partial charge in [0.15, 0.2) is 6.29 Å². The smallest absolute Gasteiger partial charge is 0.236 e. The Kier molecular flexibility index (Phi) is 37.7. The van der Waals surface area contributed by atoms with E-state index in [1.165, 1.54) is 0 Å². The van der Waals surface area contributed by atoms with E-state index in [1.807, 2.05) is 34.6 Å². The Morgan fingerprint density at radius 1 is 0.767 bits per heavy atom. The lowest BCUT2D eigenvalue weighted by molar-refractivity contribution is -0.139. The van der Waals surface area contributed by atoms with Gasteiger partial charge in [-0.25, -0.2) is 0 Å². The molecule has 0 heterocycles. The Hall–Kier alpha value is -0.730. The SMILES string of the molecule is C.CC(C)(Br)C(=O)Br.CC(C)(Br)C(=O)NCCCC=O.CC(C)(C)C(=O)NCCCC=O.CCOC(CCCN)OCC. The summed E-state index contributed by atoms with van der Waals surface area (Å²) < 4.78 is 9.66. The molecule has 0 aromatic carbocycles. The molecule has 0 aliphatic carbocycles. The number of unbranched alkanes of at least 4 members (excludes halogenated alkanes) is 2. The van der Waals surface area contributed by atoms with Gasteiger partial charge in [-0.05, 0) is 89.7 Å². The van der Waals surface area contributed by atoms with Crippen LogP contribution in [0.1, 0.15) is 108 Å². The number of carbonyl (C=O) groups excluding carboxylic acids is 5. The van der Waals surface area contributed by atoms with E-state index in [0.717, 1.165) is 31.8 Å². The van der Waals surface area contributed by atoms with E-state index in [0.29, 0.717) is 52.1 Å². The number of alkyl halides is 2. The second kappa shape index (κ2) is 31.3. The Morgan fingerprint density at radius 3 is 1.40 bits per heavy atom. The third kappa shape index (κ3) is 41.3. The molecule has 0 aliphatic rings. The van der Waals surface area contributed by atoms with Gasteiger partial charge >= 0.3 is 0 Å². The van der Waals surface area contributed by atoms with Crippen molar-refractivity contribution in [3.05, 3.63) is 0 Å². The molecule has 13 heteroatoms. The quantitative estimate of drug-likeness (QED) is 0.0514. The van der Waals surface area contributed by atoms with Crippen LogP contribution in [0.4, 0.5) is 0 Å². The zero-order chi connectivity index (χ0) is 33.8. The molecule has 43 heavy (non-hydrogen) atoms. The third-order valence-corrected chi connectivity index (χ3v) is 6.85. The summed E-state index contributed by atoms with van der Waals surface area (Å²) in [6.07, 6.45) is 5.99. The summed E-state index contributed by atoms with van der Waals surface area (Å²) in [4.78, 5) is 52.6. The average molecular weight is 815 g/mol. The standard InChI is InChI=1S/C9H17NO2.C8H14BrNO2.C8H19NO2.C4H6Br2O.CH4/c1-9(2,3)8(12)10-6-4-5-7-11;1-8(2,9)7(12)10-5-3-4-6-11;1-3-10-8(11-4-2)6-5-7-9;1-4(2,6)3(5)7;/h7H,4-6H2,1-3H3,(H,10,12);6H,3-5H2,1-2H3,(H,10,12);8H,3-7,9H2,1-2H3;1-2H3;1H4.